The molecule has 1 aliphatic carbocycles. The van der Waals surface area contributed by atoms with Crippen LogP contribution in [0.15, 0.2) is 52.4 Å². The van der Waals surface area contributed by atoms with Crippen LogP contribution < -0.4 is 10.9 Å². The van der Waals surface area contributed by atoms with E-state index in [0.29, 0.717) is 28.9 Å². The van der Waals surface area contributed by atoms with Gasteiger partial charge in [0.15, 0.2) is 5.16 Å². The van der Waals surface area contributed by atoms with Gasteiger partial charge in [0.1, 0.15) is 5.54 Å². The van der Waals surface area contributed by atoms with E-state index >= 15 is 0 Å². The largest absolute Gasteiger partial charge is 0.337 e. The van der Waals surface area contributed by atoms with E-state index in [9.17, 15) is 14.9 Å². The van der Waals surface area contributed by atoms with Crippen molar-refractivity contribution in [2.75, 3.05) is 0 Å². The minimum Gasteiger partial charge on any atom is -0.337 e. The molecule has 4 rings (SSSR count). The van der Waals surface area contributed by atoms with Gasteiger partial charge in [-0.25, -0.2) is 4.98 Å². The molecule has 170 valence electrons. The highest BCUT2D eigenvalue weighted by atomic mass is 32.2. The zero-order valence-corrected chi connectivity index (χ0v) is 20.0. The fraction of sp³-hybridized carbons (Fsp3) is 0.385. The molecule has 0 bridgehead atoms. The molecular formula is C26H28N4O2S. The van der Waals surface area contributed by atoms with Crippen LogP contribution in [-0.2, 0) is 4.79 Å². The van der Waals surface area contributed by atoms with E-state index in [1.54, 1.807) is 17.6 Å². The van der Waals surface area contributed by atoms with Gasteiger partial charge in [-0.05, 0) is 57.4 Å². The maximum atomic E-state index is 13.5. The van der Waals surface area contributed by atoms with Crippen molar-refractivity contribution in [1.82, 2.24) is 14.9 Å². The summed E-state index contributed by atoms with van der Waals surface area (Å²) in [4.78, 5) is 31.4. The number of thioether (sulfide) groups is 1. The first-order valence-electron chi connectivity index (χ1n) is 11.3. The topological polar surface area (TPSA) is 87.8 Å². The van der Waals surface area contributed by atoms with Gasteiger partial charge >= 0.3 is 0 Å². The molecule has 0 saturated heterocycles. The summed E-state index contributed by atoms with van der Waals surface area (Å²) in [6, 6.07) is 15.5. The van der Waals surface area contributed by atoms with Crippen LogP contribution >= 0.6 is 11.8 Å². The summed E-state index contributed by atoms with van der Waals surface area (Å²) in [5, 5.41) is 13.2. The molecule has 1 unspecified atom stereocenters. The molecule has 1 N–H and O–H groups in total. The van der Waals surface area contributed by atoms with Gasteiger partial charge in [-0.2, -0.15) is 5.26 Å². The number of fused-ring (bicyclic) bond motifs is 1. The molecule has 7 heteroatoms. The predicted octanol–water partition coefficient (Wildman–Crippen LogP) is 4.83. The van der Waals surface area contributed by atoms with Crippen LogP contribution in [0.3, 0.4) is 0 Å². The fourth-order valence-corrected chi connectivity index (χ4v) is 5.35. The number of hydrogen-bond donors (Lipinski definition) is 1. The third kappa shape index (κ3) is 4.67. The monoisotopic (exact) mass is 460 g/mol. The number of aromatic nitrogens is 2. The van der Waals surface area contributed by atoms with Gasteiger partial charge in [0.2, 0.25) is 5.91 Å². The molecule has 6 nitrogen and oxygen atoms in total. The van der Waals surface area contributed by atoms with E-state index in [1.807, 2.05) is 50.2 Å². The summed E-state index contributed by atoms with van der Waals surface area (Å²) in [5.74, 6) is -0.210. The van der Waals surface area contributed by atoms with E-state index in [0.717, 1.165) is 36.1 Å². The smallest absolute Gasteiger partial charge is 0.266 e. The second-order valence-electron chi connectivity index (χ2n) is 8.85. The number of amides is 1. The second-order valence-corrected chi connectivity index (χ2v) is 10.2. The van der Waals surface area contributed by atoms with E-state index in [-0.39, 0.29) is 11.5 Å². The molecule has 1 amide bonds. The van der Waals surface area contributed by atoms with Crippen LogP contribution in [0.5, 0.6) is 0 Å². The lowest BCUT2D eigenvalue weighted by molar-refractivity contribution is -0.121. The summed E-state index contributed by atoms with van der Waals surface area (Å²) in [5.41, 5.74) is 2.45. The molecule has 1 aromatic heterocycles. The van der Waals surface area contributed by atoms with Crippen molar-refractivity contribution >= 4 is 28.6 Å². The highest BCUT2D eigenvalue weighted by Gasteiger charge is 2.35. The standard InChI is InChI=1S/C26H28N4O2S/c1-17-11-12-22(18(2)15-17)30-24(32)20-9-5-6-10-21(20)28-25(30)33-19(3)23(31)29-26(16-27)13-7-4-8-14-26/h5-6,9-12,15,19H,4,7-8,13-14H2,1-3H3,(H,29,31). The molecule has 0 radical (unpaired) electrons. The SMILES string of the molecule is Cc1ccc(-n2c(SC(C)C(=O)NC3(C#N)CCCCC3)nc3ccccc3c2=O)c(C)c1. The Balaban J connectivity index is 1.73. The number of carbonyl (C=O) groups excluding carboxylic acids is 1. The number of nitriles is 1. The quantitative estimate of drug-likeness (QED) is 0.435. The summed E-state index contributed by atoms with van der Waals surface area (Å²) in [6.07, 6.45) is 4.32. The highest BCUT2D eigenvalue weighted by Crippen LogP contribution is 2.30. The van der Waals surface area contributed by atoms with Crippen LogP contribution in [-0.4, -0.2) is 26.2 Å². The van der Waals surface area contributed by atoms with Crippen molar-refractivity contribution in [3.63, 3.8) is 0 Å². The maximum Gasteiger partial charge on any atom is 0.266 e. The average Bonchev–Trinajstić information content (AvgIpc) is 2.81. The minimum absolute atomic E-state index is 0.163. The lowest BCUT2D eigenvalue weighted by atomic mass is 9.83. The predicted molar refractivity (Wildman–Crippen MR) is 132 cm³/mol. The molecule has 1 heterocycles. The van der Waals surface area contributed by atoms with Crippen LogP contribution in [0.25, 0.3) is 16.6 Å². The van der Waals surface area contributed by atoms with Gasteiger partial charge in [0, 0.05) is 0 Å². The van der Waals surface area contributed by atoms with Gasteiger partial charge in [-0.15, -0.1) is 0 Å². The Bertz CT molecular complexity index is 1300. The normalized spacial score (nSPS) is 16.2. The van der Waals surface area contributed by atoms with E-state index < -0.39 is 10.8 Å². The highest BCUT2D eigenvalue weighted by molar-refractivity contribution is 8.00. The van der Waals surface area contributed by atoms with Gasteiger partial charge in [-0.1, -0.05) is 60.9 Å². The average molecular weight is 461 g/mol. The maximum absolute atomic E-state index is 13.5. The van der Waals surface area contributed by atoms with E-state index in [2.05, 4.69) is 11.4 Å². The van der Waals surface area contributed by atoms with Crippen molar-refractivity contribution in [3.8, 4) is 11.8 Å². The number of benzene rings is 2. The molecular weight excluding hydrogens is 432 g/mol. The molecule has 3 aromatic rings. The van der Waals surface area contributed by atoms with Crippen LogP contribution in [0.1, 0.15) is 50.2 Å². The Labute approximate surface area is 198 Å². The summed E-state index contributed by atoms with van der Waals surface area (Å²) in [7, 11) is 0. The minimum atomic E-state index is -0.797. The van der Waals surface area contributed by atoms with Gasteiger partial charge in [0.25, 0.3) is 5.56 Å². The molecule has 0 aliphatic heterocycles. The van der Waals surface area contributed by atoms with Crippen molar-refractivity contribution in [1.29, 1.82) is 5.26 Å². The zero-order chi connectivity index (χ0) is 23.6. The third-order valence-electron chi connectivity index (χ3n) is 6.27. The molecule has 1 saturated carbocycles. The zero-order valence-electron chi connectivity index (χ0n) is 19.2. The van der Waals surface area contributed by atoms with Crippen molar-refractivity contribution in [3.05, 3.63) is 63.9 Å². The number of hydrogen-bond acceptors (Lipinski definition) is 5. The first-order chi connectivity index (χ1) is 15.8. The number of carbonyl (C=O) groups is 1. The van der Waals surface area contributed by atoms with Crippen molar-refractivity contribution in [2.24, 2.45) is 0 Å². The Morgan fingerprint density at radius 3 is 2.61 bits per heavy atom. The fourth-order valence-electron chi connectivity index (χ4n) is 4.43. The second kappa shape index (κ2) is 9.40. The number of nitrogens with one attached hydrogen (secondary N) is 1. The molecule has 1 fully saturated rings. The van der Waals surface area contributed by atoms with E-state index in [4.69, 9.17) is 4.98 Å². The summed E-state index contributed by atoms with van der Waals surface area (Å²) in [6.45, 7) is 5.77. The van der Waals surface area contributed by atoms with Crippen molar-refractivity contribution in [2.45, 2.75) is 68.8 Å². The Hall–Kier alpha value is -3.11. The lowest BCUT2D eigenvalue weighted by Gasteiger charge is -2.32. The van der Waals surface area contributed by atoms with Gasteiger partial charge < -0.3 is 5.32 Å². The van der Waals surface area contributed by atoms with Crippen LogP contribution in [0, 0.1) is 25.2 Å². The van der Waals surface area contributed by atoms with Crippen molar-refractivity contribution < 1.29 is 4.79 Å². The summed E-state index contributed by atoms with van der Waals surface area (Å²) >= 11 is 1.24. The number of aryl methyl sites for hydroxylation is 2. The Morgan fingerprint density at radius 2 is 1.91 bits per heavy atom. The number of para-hydroxylation sites is 1. The molecule has 33 heavy (non-hydrogen) atoms. The first-order valence-corrected chi connectivity index (χ1v) is 12.2. The molecule has 0 spiro atoms. The van der Waals surface area contributed by atoms with Crippen LogP contribution in [0.2, 0.25) is 0 Å². The number of rotatable bonds is 5. The number of nitrogens with zero attached hydrogens (tertiary/aromatic N) is 3. The molecule has 2 aromatic carbocycles. The molecule has 1 aliphatic rings. The first kappa shape index (κ1) is 23.1. The van der Waals surface area contributed by atoms with Gasteiger partial charge in [0.05, 0.1) is 27.9 Å². The lowest BCUT2D eigenvalue weighted by Crippen LogP contribution is -2.51. The third-order valence-corrected chi connectivity index (χ3v) is 7.33. The summed E-state index contributed by atoms with van der Waals surface area (Å²) < 4.78 is 1.60. The molecule has 1 atom stereocenters. The van der Waals surface area contributed by atoms with Crippen LogP contribution in [0.4, 0.5) is 0 Å². The Kier molecular flexibility index (Phi) is 6.57. The Morgan fingerprint density at radius 1 is 1.18 bits per heavy atom. The van der Waals surface area contributed by atoms with E-state index in [1.165, 1.54) is 11.8 Å². The van der Waals surface area contributed by atoms with Gasteiger partial charge in [-0.3, -0.25) is 14.2 Å².